The number of amides is 1. The highest BCUT2D eigenvalue weighted by molar-refractivity contribution is 5.94. The van der Waals surface area contributed by atoms with Crippen LogP contribution >= 0.6 is 0 Å². The smallest absolute Gasteiger partial charge is 0.251 e. The standard InChI is InChI=1S/C24H33N5O2/c1-25-23(30)20-8-6-7-18(15-20)13-14-27-24(26-2)29-17-19-11-12-22(28-16-19)31-21-9-4-3-5-10-21/h6-8,11-12,15-16,21H,3-5,9-10,13-14,17H2,1-2H3,(H,25,30)(H2,26,27,29). The van der Waals surface area contributed by atoms with Crippen LogP contribution in [-0.2, 0) is 13.0 Å². The number of aromatic nitrogens is 1. The number of carbonyl (C=O) groups excluding carboxylic acids is 1. The van der Waals surface area contributed by atoms with Gasteiger partial charge in [0.2, 0.25) is 5.88 Å². The number of pyridine rings is 1. The molecular formula is C24H33N5O2. The van der Waals surface area contributed by atoms with Crippen LogP contribution in [0.3, 0.4) is 0 Å². The number of rotatable bonds is 8. The molecule has 7 heteroatoms. The maximum atomic E-state index is 11.8. The van der Waals surface area contributed by atoms with Gasteiger partial charge in [-0.25, -0.2) is 4.98 Å². The molecule has 1 saturated carbocycles. The van der Waals surface area contributed by atoms with Gasteiger partial charge < -0.3 is 20.7 Å². The van der Waals surface area contributed by atoms with Crippen LogP contribution < -0.4 is 20.7 Å². The highest BCUT2D eigenvalue weighted by atomic mass is 16.5. The van der Waals surface area contributed by atoms with Gasteiger partial charge in [0.05, 0.1) is 0 Å². The zero-order chi connectivity index (χ0) is 21.9. The molecule has 1 fully saturated rings. The van der Waals surface area contributed by atoms with Crippen LogP contribution in [-0.4, -0.2) is 43.6 Å². The van der Waals surface area contributed by atoms with Gasteiger partial charge in [-0.15, -0.1) is 0 Å². The van der Waals surface area contributed by atoms with Crippen molar-refractivity contribution in [3.05, 3.63) is 59.3 Å². The summed E-state index contributed by atoms with van der Waals surface area (Å²) in [5, 5.41) is 9.27. The average Bonchev–Trinajstić information content (AvgIpc) is 2.82. The van der Waals surface area contributed by atoms with Gasteiger partial charge in [0, 0.05) is 45.0 Å². The number of ether oxygens (including phenoxy) is 1. The lowest BCUT2D eigenvalue weighted by molar-refractivity contribution is 0.0963. The first-order chi connectivity index (χ1) is 15.2. The van der Waals surface area contributed by atoms with E-state index in [0.29, 0.717) is 30.6 Å². The minimum atomic E-state index is -0.0731. The highest BCUT2D eigenvalue weighted by Gasteiger charge is 2.15. The summed E-state index contributed by atoms with van der Waals surface area (Å²) in [6.45, 7) is 1.34. The lowest BCUT2D eigenvalue weighted by Crippen LogP contribution is -2.37. The minimum absolute atomic E-state index is 0.0731. The van der Waals surface area contributed by atoms with Gasteiger partial charge in [-0.1, -0.05) is 24.6 Å². The van der Waals surface area contributed by atoms with Crippen LogP contribution in [0, 0.1) is 0 Å². The number of hydrogen-bond donors (Lipinski definition) is 3. The Kier molecular flexibility index (Phi) is 8.70. The molecule has 0 atom stereocenters. The monoisotopic (exact) mass is 423 g/mol. The zero-order valence-corrected chi connectivity index (χ0v) is 18.5. The molecular weight excluding hydrogens is 390 g/mol. The first-order valence-electron chi connectivity index (χ1n) is 11.0. The molecule has 1 aromatic carbocycles. The molecule has 3 N–H and O–H groups in total. The summed E-state index contributed by atoms with van der Waals surface area (Å²) < 4.78 is 5.99. The van der Waals surface area contributed by atoms with Crippen molar-refractivity contribution in [3.8, 4) is 5.88 Å². The fourth-order valence-electron chi connectivity index (χ4n) is 3.68. The Morgan fingerprint density at radius 3 is 2.68 bits per heavy atom. The van der Waals surface area contributed by atoms with Crippen LogP contribution in [0.4, 0.5) is 0 Å². The summed E-state index contributed by atoms with van der Waals surface area (Å²) in [5.74, 6) is 1.36. The van der Waals surface area contributed by atoms with E-state index < -0.39 is 0 Å². The summed E-state index contributed by atoms with van der Waals surface area (Å²) in [4.78, 5) is 20.5. The minimum Gasteiger partial charge on any atom is -0.474 e. The predicted octanol–water partition coefficient (Wildman–Crippen LogP) is 3.06. The van der Waals surface area contributed by atoms with Crippen LogP contribution in [0.15, 0.2) is 47.6 Å². The molecule has 0 saturated heterocycles. The van der Waals surface area contributed by atoms with Gasteiger partial charge in [0.15, 0.2) is 5.96 Å². The third kappa shape index (κ3) is 7.27. The van der Waals surface area contributed by atoms with Crippen molar-refractivity contribution in [2.75, 3.05) is 20.6 Å². The first-order valence-corrected chi connectivity index (χ1v) is 11.0. The maximum Gasteiger partial charge on any atom is 0.251 e. The molecule has 1 amide bonds. The fourth-order valence-corrected chi connectivity index (χ4v) is 3.68. The summed E-state index contributed by atoms with van der Waals surface area (Å²) in [7, 11) is 3.39. The third-order valence-corrected chi connectivity index (χ3v) is 5.44. The second kappa shape index (κ2) is 11.9. The Balaban J connectivity index is 1.41. The molecule has 1 aliphatic rings. The second-order valence-electron chi connectivity index (χ2n) is 7.76. The summed E-state index contributed by atoms with van der Waals surface area (Å²) in [6.07, 6.45) is 9.02. The predicted molar refractivity (Wildman–Crippen MR) is 123 cm³/mol. The Labute approximate surface area is 184 Å². The van der Waals surface area contributed by atoms with Crippen molar-refractivity contribution < 1.29 is 9.53 Å². The molecule has 2 aromatic rings. The number of nitrogens with zero attached hydrogens (tertiary/aromatic N) is 2. The van der Waals surface area contributed by atoms with E-state index in [2.05, 4.69) is 25.9 Å². The molecule has 0 bridgehead atoms. The Hall–Kier alpha value is -3.09. The molecule has 1 aromatic heterocycles. The van der Waals surface area contributed by atoms with E-state index in [-0.39, 0.29) is 5.91 Å². The van der Waals surface area contributed by atoms with E-state index in [1.165, 1.54) is 19.3 Å². The number of hydrogen-bond acceptors (Lipinski definition) is 4. The summed E-state index contributed by atoms with van der Waals surface area (Å²) in [5.41, 5.74) is 2.84. The molecule has 31 heavy (non-hydrogen) atoms. The molecule has 1 heterocycles. The van der Waals surface area contributed by atoms with E-state index >= 15 is 0 Å². The number of guanidine groups is 1. The van der Waals surface area contributed by atoms with Gasteiger partial charge in [-0.3, -0.25) is 9.79 Å². The molecule has 0 aliphatic heterocycles. The SMILES string of the molecule is CN=C(NCCc1cccc(C(=O)NC)c1)NCc1ccc(OC2CCCCC2)nc1. The van der Waals surface area contributed by atoms with Crippen LogP contribution in [0.1, 0.15) is 53.6 Å². The average molecular weight is 424 g/mol. The molecule has 1 aliphatic carbocycles. The Morgan fingerprint density at radius 2 is 1.97 bits per heavy atom. The lowest BCUT2D eigenvalue weighted by Gasteiger charge is -2.22. The fraction of sp³-hybridized carbons (Fsp3) is 0.458. The Bertz CT molecular complexity index is 861. The number of carbonyl (C=O) groups is 1. The molecule has 166 valence electrons. The Morgan fingerprint density at radius 1 is 1.13 bits per heavy atom. The van der Waals surface area contributed by atoms with Crippen LogP contribution in [0.25, 0.3) is 0 Å². The van der Waals surface area contributed by atoms with E-state index in [0.717, 1.165) is 36.3 Å². The van der Waals surface area contributed by atoms with Crippen LogP contribution in [0.5, 0.6) is 5.88 Å². The van der Waals surface area contributed by atoms with Crippen molar-refractivity contribution in [3.63, 3.8) is 0 Å². The summed E-state index contributed by atoms with van der Waals surface area (Å²) in [6, 6.07) is 11.6. The van der Waals surface area contributed by atoms with Crippen molar-refractivity contribution in [1.82, 2.24) is 20.9 Å². The first kappa shape index (κ1) is 22.6. The van der Waals surface area contributed by atoms with Crippen molar-refractivity contribution in [1.29, 1.82) is 0 Å². The normalized spacial score (nSPS) is 14.7. The second-order valence-corrected chi connectivity index (χ2v) is 7.76. The number of benzene rings is 1. The largest absolute Gasteiger partial charge is 0.474 e. The molecule has 0 unspecified atom stereocenters. The van der Waals surface area contributed by atoms with Gasteiger partial charge in [0.1, 0.15) is 6.10 Å². The van der Waals surface area contributed by atoms with Crippen LogP contribution in [0.2, 0.25) is 0 Å². The highest BCUT2D eigenvalue weighted by Crippen LogP contribution is 2.22. The topological polar surface area (TPSA) is 87.6 Å². The van der Waals surface area contributed by atoms with Gasteiger partial charge in [-0.05, 0) is 55.4 Å². The van der Waals surface area contributed by atoms with E-state index in [4.69, 9.17) is 4.74 Å². The van der Waals surface area contributed by atoms with Crippen molar-refractivity contribution >= 4 is 11.9 Å². The van der Waals surface area contributed by atoms with Gasteiger partial charge in [-0.2, -0.15) is 0 Å². The van der Waals surface area contributed by atoms with Crippen molar-refractivity contribution in [2.24, 2.45) is 4.99 Å². The lowest BCUT2D eigenvalue weighted by atomic mass is 9.98. The molecule has 7 nitrogen and oxygen atoms in total. The van der Waals surface area contributed by atoms with Gasteiger partial charge in [0.25, 0.3) is 5.91 Å². The number of aliphatic imine (C=N–C) groups is 1. The quantitative estimate of drug-likeness (QED) is 0.449. The molecule has 0 spiro atoms. The zero-order valence-electron chi connectivity index (χ0n) is 18.5. The van der Waals surface area contributed by atoms with E-state index in [9.17, 15) is 4.79 Å². The third-order valence-electron chi connectivity index (χ3n) is 5.44. The van der Waals surface area contributed by atoms with E-state index in [1.807, 2.05) is 42.6 Å². The molecule has 3 rings (SSSR count). The summed E-state index contributed by atoms with van der Waals surface area (Å²) >= 11 is 0. The van der Waals surface area contributed by atoms with Crippen molar-refractivity contribution in [2.45, 2.75) is 51.2 Å². The molecule has 0 radical (unpaired) electrons. The van der Waals surface area contributed by atoms with Gasteiger partial charge >= 0.3 is 0 Å². The maximum absolute atomic E-state index is 11.8. The number of nitrogens with one attached hydrogen (secondary N) is 3. The van der Waals surface area contributed by atoms with E-state index in [1.54, 1.807) is 14.1 Å².